The molecule has 0 bridgehead atoms. The van der Waals surface area contributed by atoms with Crippen LogP contribution in [-0.4, -0.2) is 64.6 Å². The lowest BCUT2D eigenvalue weighted by Gasteiger charge is -2.34. The van der Waals surface area contributed by atoms with E-state index in [4.69, 9.17) is 4.74 Å². The molecule has 1 aliphatic carbocycles. The fraction of sp³-hybridized carbons (Fsp3) is 0.765. The van der Waals surface area contributed by atoms with Crippen LogP contribution in [0.1, 0.15) is 44.0 Å². The lowest BCUT2D eigenvalue weighted by atomic mass is 9.94. The highest BCUT2D eigenvalue weighted by Crippen LogP contribution is 2.36. The molecule has 3 aliphatic rings. The number of H-pyrrole nitrogens is 1. The summed E-state index contributed by atoms with van der Waals surface area (Å²) >= 11 is 0. The molecule has 2 atom stereocenters. The van der Waals surface area contributed by atoms with Crippen LogP contribution in [0, 0.1) is 5.92 Å². The Morgan fingerprint density at radius 2 is 2.09 bits per heavy atom. The van der Waals surface area contributed by atoms with Crippen LogP contribution in [0.15, 0.2) is 12.4 Å². The van der Waals surface area contributed by atoms with Crippen molar-refractivity contribution in [3.63, 3.8) is 0 Å². The van der Waals surface area contributed by atoms with Crippen molar-refractivity contribution in [3.8, 4) is 0 Å². The smallest absolute Gasteiger partial charge is 0.226 e. The molecule has 6 nitrogen and oxygen atoms in total. The van der Waals surface area contributed by atoms with Crippen LogP contribution in [-0.2, 0) is 9.53 Å². The molecule has 23 heavy (non-hydrogen) atoms. The van der Waals surface area contributed by atoms with Gasteiger partial charge >= 0.3 is 0 Å². The van der Waals surface area contributed by atoms with Gasteiger partial charge in [-0.25, -0.2) is 4.98 Å². The molecule has 1 unspecified atom stereocenters. The molecule has 1 saturated carbocycles. The van der Waals surface area contributed by atoms with E-state index in [-0.39, 0.29) is 18.1 Å². The van der Waals surface area contributed by atoms with Gasteiger partial charge in [-0.1, -0.05) is 0 Å². The summed E-state index contributed by atoms with van der Waals surface area (Å²) in [5, 5.41) is 0. The zero-order valence-corrected chi connectivity index (χ0v) is 13.8. The fourth-order valence-corrected chi connectivity index (χ4v) is 4.12. The summed E-state index contributed by atoms with van der Waals surface area (Å²) in [6.45, 7) is 2.84. The Morgan fingerprint density at radius 3 is 2.70 bits per heavy atom. The minimum absolute atomic E-state index is 0.0314. The van der Waals surface area contributed by atoms with Crippen LogP contribution in [0.5, 0.6) is 0 Å². The van der Waals surface area contributed by atoms with Crippen LogP contribution in [0.3, 0.4) is 0 Å². The Hall–Kier alpha value is -1.40. The number of aromatic nitrogens is 2. The number of nitrogens with one attached hydrogen (secondary N) is 1. The molecule has 1 aromatic heterocycles. The number of carbonyl (C=O) groups is 1. The predicted molar refractivity (Wildman–Crippen MR) is 85.8 cm³/mol. The number of amides is 1. The molecule has 0 radical (unpaired) electrons. The minimum atomic E-state index is 0.0314. The maximum Gasteiger partial charge on any atom is 0.226 e. The maximum absolute atomic E-state index is 13.1. The van der Waals surface area contributed by atoms with Crippen molar-refractivity contribution >= 4 is 5.91 Å². The first kappa shape index (κ1) is 15.1. The van der Waals surface area contributed by atoms with Gasteiger partial charge in [0.1, 0.15) is 5.82 Å². The van der Waals surface area contributed by atoms with Crippen molar-refractivity contribution in [1.82, 2.24) is 19.8 Å². The summed E-state index contributed by atoms with van der Waals surface area (Å²) in [6.07, 6.45) is 9.21. The van der Waals surface area contributed by atoms with E-state index >= 15 is 0 Å². The van der Waals surface area contributed by atoms with Crippen molar-refractivity contribution in [2.45, 2.75) is 50.3 Å². The Balaban J connectivity index is 1.43. The second-order valence-electron chi connectivity index (χ2n) is 7.12. The van der Waals surface area contributed by atoms with E-state index in [9.17, 15) is 4.79 Å². The van der Waals surface area contributed by atoms with E-state index in [0.29, 0.717) is 12.5 Å². The average Bonchev–Trinajstić information content (AvgIpc) is 3.12. The van der Waals surface area contributed by atoms with Gasteiger partial charge in [0, 0.05) is 44.4 Å². The van der Waals surface area contributed by atoms with Gasteiger partial charge in [0.25, 0.3) is 0 Å². The number of nitrogens with zero attached hydrogens (tertiary/aromatic N) is 3. The third kappa shape index (κ3) is 3.02. The highest BCUT2D eigenvalue weighted by atomic mass is 16.5. The Labute approximate surface area is 137 Å². The summed E-state index contributed by atoms with van der Waals surface area (Å²) in [5.74, 6) is 1.34. The molecule has 1 amide bonds. The zero-order valence-electron chi connectivity index (χ0n) is 13.8. The van der Waals surface area contributed by atoms with Crippen LogP contribution in [0.4, 0.5) is 0 Å². The number of carbonyl (C=O) groups excluding carboxylic acids is 1. The van der Waals surface area contributed by atoms with Crippen molar-refractivity contribution in [1.29, 1.82) is 0 Å². The molecular formula is C17H26N4O2. The van der Waals surface area contributed by atoms with Crippen LogP contribution < -0.4 is 0 Å². The van der Waals surface area contributed by atoms with Crippen LogP contribution in [0.25, 0.3) is 0 Å². The lowest BCUT2D eigenvalue weighted by molar-refractivity contribution is -0.138. The second-order valence-corrected chi connectivity index (χ2v) is 7.12. The number of rotatable bonds is 4. The molecule has 3 fully saturated rings. The number of aromatic amines is 1. The number of likely N-dealkylation sites (tertiary alicyclic amines) is 2. The van der Waals surface area contributed by atoms with E-state index < -0.39 is 0 Å². The van der Waals surface area contributed by atoms with Gasteiger partial charge in [-0.2, -0.15) is 0 Å². The lowest BCUT2D eigenvalue weighted by Crippen LogP contribution is -2.43. The van der Waals surface area contributed by atoms with Gasteiger partial charge in [-0.3, -0.25) is 4.79 Å². The van der Waals surface area contributed by atoms with Gasteiger partial charge in [0.2, 0.25) is 5.91 Å². The first-order chi connectivity index (χ1) is 11.3. The summed E-state index contributed by atoms with van der Waals surface area (Å²) < 4.78 is 5.52. The number of hydrogen-bond acceptors (Lipinski definition) is 4. The Kier molecular flexibility index (Phi) is 4.11. The summed E-state index contributed by atoms with van der Waals surface area (Å²) in [5.41, 5.74) is 0. The fourth-order valence-electron chi connectivity index (χ4n) is 4.12. The van der Waals surface area contributed by atoms with E-state index in [1.165, 1.54) is 12.8 Å². The van der Waals surface area contributed by atoms with Crippen LogP contribution >= 0.6 is 0 Å². The standard InChI is InChI=1S/C17H26N4O2/c1-23-14-10-15(16-18-6-7-19-16)21(11-14)17(22)12-4-8-20(9-5-12)13-2-3-13/h6-7,12-15H,2-5,8-11H2,1H3,(H,18,19)/t14-,15?/m1/s1. The normalized spacial score (nSPS) is 30.0. The number of piperidine rings is 1. The average molecular weight is 318 g/mol. The van der Waals surface area contributed by atoms with E-state index in [0.717, 1.165) is 44.2 Å². The molecule has 4 rings (SSSR count). The van der Waals surface area contributed by atoms with E-state index in [2.05, 4.69) is 14.9 Å². The van der Waals surface area contributed by atoms with E-state index in [1.807, 2.05) is 11.1 Å². The first-order valence-electron chi connectivity index (χ1n) is 8.83. The highest BCUT2D eigenvalue weighted by Gasteiger charge is 2.41. The van der Waals surface area contributed by atoms with Crippen molar-refractivity contribution in [2.24, 2.45) is 5.92 Å². The third-order valence-electron chi connectivity index (χ3n) is 5.66. The topological polar surface area (TPSA) is 61.5 Å². The molecule has 2 aliphatic heterocycles. The molecule has 2 saturated heterocycles. The Morgan fingerprint density at radius 1 is 1.30 bits per heavy atom. The Bertz CT molecular complexity index is 535. The van der Waals surface area contributed by atoms with Gasteiger partial charge < -0.3 is 19.5 Å². The van der Waals surface area contributed by atoms with Crippen molar-refractivity contribution in [2.75, 3.05) is 26.7 Å². The largest absolute Gasteiger partial charge is 0.380 e. The number of imidazole rings is 1. The first-order valence-corrected chi connectivity index (χ1v) is 8.83. The molecule has 6 heteroatoms. The van der Waals surface area contributed by atoms with Gasteiger partial charge in [-0.15, -0.1) is 0 Å². The number of ether oxygens (including phenoxy) is 1. The van der Waals surface area contributed by atoms with Gasteiger partial charge in [-0.05, 0) is 38.8 Å². The maximum atomic E-state index is 13.1. The number of methoxy groups -OCH3 is 1. The quantitative estimate of drug-likeness (QED) is 0.915. The monoisotopic (exact) mass is 318 g/mol. The summed E-state index contributed by atoms with van der Waals surface area (Å²) in [7, 11) is 1.73. The molecule has 126 valence electrons. The van der Waals surface area contributed by atoms with Crippen molar-refractivity contribution in [3.05, 3.63) is 18.2 Å². The molecule has 0 aromatic carbocycles. The minimum Gasteiger partial charge on any atom is -0.380 e. The third-order valence-corrected chi connectivity index (χ3v) is 5.66. The molecule has 1 N–H and O–H groups in total. The van der Waals surface area contributed by atoms with Crippen molar-refractivity contribution < 1.29 is 9.53 Å². The second kappa shape index (κ2) is 6.24. The highest BCUT2D eigenvalue weighted by molar-refractivity contribution is 5.79. The molecule has 1 aromatic rings. The SMILES string of the molecule is CO[C@@H]1CC(c2ncc[nH]2)N(C(=O)C2CCN(C3CC3)CC2)C1. The van der Waals surface area contributed by atoms with Gasteiger partial charge in [0.05, 0.1) is 12.1 Å². The zero-order chi connectivity index (χ0) is 15.8. The molecule has 3 heterocycles. The molecular weight excluding hydrogens is 292 g/mol. The van der Waals surface area contributed by atoms with Gasteiger partial charge in [0.15, 0.2) is 0 Å². The summed E-state index contributed by atoms with van der Waals surface area (Å²) in [6, 6.07) is 0.843. The predicted octanol–water partition coefficient (Wildman–Crippen LogP) is 1.57. The van der Waals surface area contributed by atoms with E-state index in [1.54, 1.807) is 13.3 Å². The van der Waals surface area contributed by atoms with Crippen LogP contribution in [0.2, 0.25) is 0 Å². The number of hydrogen-bond donors (Lipinski definition) is 1. The molecule has 0 spiro atoms. The summed E-state index contributed by atoms with van der Waals surface area (Å²) in [4.78, 5) is 25.2.